The molecule has 1 fully saturated rings. The lowest BCUT2D eigenvalue weighted by Crippen LogP contribution is -2.49. The second-order valence-corrected chi connectivity index (χ2v) is 7.93. The largest absolute Gasteiger partial charge is 0.486 e. The summed E-state index contributed by atoms with van der Waals surface area (Å²) in [5.41, 5.74) is 12.7. The van der Waals surface area contributed by atoms with Crippen LogP contribution in [0.15, 0.2) is 52.3 Å². The lowest BCUT2D eigenvalue weighted by Gasteiger charge is -2.35. The SMILES string of the molecule is CCC(C)(Oc1ccc(Sc2ccc(N)c(N)c2)cc1)C1CCCN1. The number of rotatable bonds is 6. The first-order chi connectivity index (χ1) is 12.0. The fraction of sp³-hybridized carbons (Fsp3) is 0.400. The average molecular weight is 358 g/mol. The summed E-state index contributed by atoms with van der Waals surface area (Å²) in [6, 6.07) is 14.4. The van der Waals surface area contributed by atoms with Gasteiger partial charge in [0.1, 0.15) is 11.4 Å². The maximum atomic E-state index is 6.37. The van der Waals surface area contributed by atoms with Crippen LogP contribution in [0.2, 0.25) is 0 Å². The van der Waals surface area contributed by atoms with E-state index < -0.39 is 0 Å². The molecule has 0 bridgehead atoms. The molecule has 2 atom stereocenters. The Morgan fingerprint density at radius 2 is 1.84 bits per heavy atom. The highest BCUT2D eigenvalue weighted by Crippen LogP contribution is 2.33. The molecule has 1 saturated heterocycles. The molecule has 0 saturated carbocycles. The highest BCUT2D eigenvalue weighted by atomic mass is 32.2. The van der Waals surface area contributed by atoms with Crippen LogP contribution in [-0.4, -0.2) is 18.2 Å². The van der Waals surface area contributed by atoms with Crippen LogP contribution in [0.25, 0.3) is 0 Å². The fourth-order valence-corrected chi connectivity index (χ4v) is 4.06. The Balaban J connectivity index is 1.68. The molecule has 2 aromatic rings. The van der Waals surface area contributed by atoms with Crippen LogP contribution in [0.5, 0.6) is 5.75 Å². The van der Waals surface area contributed by atoms with Gasteiger partial charge in [-0.05, 0) is 75.2 Å². The summed E-state index contributed by atoms with van der Waals surface area (Å²) in [4.78, 5) is 2.22. The Kier molecular flexibility index (Phi) is 5.45. The van der Waals surface area contributed by atoms with E-state index in [0.717, 1.165) is 28.5 Å². The Hall–Kier alpha value is -1.85. The molecule has 4 nitrogen and oxygen atoms in total. The van der Waals surface area contributed by atoms with Crippen molar-refractivity contribution in [2.45, 2.75) is 54.5 Å². The van der Waals surface area contributed by atoms with E-state index in [1.54, 1.807) is 11.8 Å². The van der Waals surface area contributed by atoms with Gasteiger partial charge in [0, 0.05) is 15.8 Å². The van der Waals surface area contributed by atoms with Crippen LogP contribution in [0.4, 0.5) is 11.4 Å². The topological polar surface area (TPSA) is 73.3 Å². The predicted octanol–water partition coefficient (Wildman–Crippen LogP) is 4.30. The molecule has 1 aliphatic rings. The zero-order chi connectivity index (χ0) is 17.9. The van der Waals surface area contributed by atoms with E-state index in [4.69, 9.17) is 16.2 Å². The number of anilines is 2. The number of hydrogen-bond acceptors (Lipinski definition) is 5. The summed E-state index contributed by atoms with van der Waals surface area (Å²) in [5.74, 6) is 0.916. The quantitative estimate of drug-likeness (QED) is 0.672. The molecule has 134 valence electrons. The Labute approximate surface area is 154 Å². The van der Waals surface area contributed by atoms with Crippen molar-refractivity contribution in [3.63, 3.8) is 0 Å². The first kappa shape index (κ1) is 18.0. The fourth-order valence-electron chi connectivity index (χ4n) is 3.19. The van der Waals surface area contributed by atoms with E-state index in [0.29, 0.717) is 17.4 Å². The van der Waals surface area contributed by atoms with Crippen molar-refractivity contribution in [3.8, 4) is 5.75 Å². The van der Waals surface area contributed by atoms with Gasteiger partial charge >= 0.3 is 0 Å². The van der Waals surface area contributed by atoms with E-state index >= 15 is 0 Å². The lowest BCUT2D eigenvalue weighted by atomic mass is 9.92. The molecule has 5 N–H and O–H groups in total. The van der Waals surface area contributed by atoms with Crippen molar-refractivity contribution >= 4 is 23.1 Å². The molecule has 2 aromatic carbocycles. The number of nitrogen functional groups attached to an aromatic ring is 2. The first-order valence-corrected chi connectivity index (χ1v) is 9.67. The molecule has 0 radical (unpaired) electrons. The smallest absolute Gasteiger partial charge is 0.121 e. The second-order valence-electron chi connectivity index (χ2n) is 6.78. The Morgan fingerprint density at radius 1 is 1.12 bits per heavy atom. The van der Waals surface area contributed by atoms with Gasteiger partial charge in [-0.25, -0.2) is 0 Å². The summed E-state index contributed by atoms with van der Waals surface area (Å²) < 4.78 is 6.37. The molecule has 0 amide bonds. The third-order valence-electron chi connectivity index (χ3n) is 4.97. The molecule has 1 aliphatic heterocycles. The van der Waals surface area contributed by atoms with Crippen molar-refractivity contribution in [2.24, 2.45) is 0 Å². The molecule has 0 spiro atoms. The van der Waals surface area contributed by atoms with Gasteiger partial charge in [0.2, 0.25) is 0 Å². The van der Waals surface area contributed by atoms with Crippen LogP contribution >= 0.6 is 11.8 Å². The molecule has 1 heterocycles. The average Bonchev–Trinajstić information content (AvgIpc) is 3.15. The van der Waals surface area contributed by atoms with Crippen molar-refractivity contribution in [3.05, 3.63) is 42.5 Å². The summed E-state index contributed by atoms with van der Waals surface area (Å²) in [5, 5.41) is 3.57. The van der Waals surface area contributed by atoms with Crippen molar-refractivity contribution in [2.75, 3.05) is 18.0 Å². The van der Waals surface area contributed by atoms with Crippen LogP contribution in [0.1, 0.15) is 33.1 Å². The maximum absolute atomic E-state index is 6.37. The number of nitrogens with two attached hydrogens (primary N) is 2. The van der Waals surface area contributed by atoms with E-state index in [1.807, 2.05) is 30.3 Å². The molecule has 25 heavy (non-hydrogen) atoms. The minimum absolute atomic E-state index is 0.170. The van der Waals surface area contributed by atoms with Crippen molar-refractivity contribution in [1.82, 2.24) is 5.32 Å². The van der Waals surface area contributed by atoms with Gasteiger partial charge in [0.25, 0.3) is 0 Å². The van der Waals surface area contributed by atoms with Gasteiger partial charge in [-0.1, -0.05) is 18.7 Å². The Morgan fingerprint density at radius 3 is 2.44 bits per heavy atom. The zero-order valence-corrected chi connectivity index (χ0v) is 15.7. The highest BCUT2D eigenvalue weighted by Gasteiger charge is 2.36. The summed E-state index contributed by atoms with van der Waals surface area (Å²) in [7, 11) is 0. The number of ether oxygens (including phenoxy) is 1. The molecule has 3 rings (SSSR count). The van der Waals surface area contributed by atoms with Gasteiger partial charge in [0.15, 0.2) is 0 Å². The monoisotopic (exact) mass is 357 g/mol. The minimum atomic E-state index is -0.170. The zero-order valence-electron chi connectivity index (χ0n) is 14.9. The maximum Gasteiger partial charge on any atom is 0.121 e. The van der Waals surface area contributed by atoms with Crippen molar-refractivity contribution < 1.29 is 4.74 Å². The highest BCUT2D eigenvalue weighted by molar-refractivity contribution is 7.99. The van der Waals surface area contributed by atoms with E-state index in [9.17, 15) is 0 Å². The molecule has 0 aliphatic carbocycles. The van der Waals surface area contributed by atoms with Crippen LogP contribution < -0.4 is 21.5 Å². The summed E-state index contributed by atoms with van der Waals surface area (Å²) >= 11 is 1.66. The van der Waals surface area contributed by atoms with Crippen LogP contribution in [0, 0.1) is 0 Å². The Bertz CT molecular complexity index is 713. The first-order valence-electron chi connectivity index (χ1n) is 8.85. The van der Waals surface area contributed by atoms with Gasteiger partial charge in [0.05, 0.1) is 11.4 Å². The van der Waals surface area contributed by atoms with E-state index in [1.165, 1.54) is 12.8 Å². The van der Waals surface area contributed by atoms with Crippen LogP contribution in [0.3, 0.4) is 0 Å². The van der Waals surface area contributed by atoms with Gasteiger partial charge in [-0.2, -0.15) is 0 Å². The van der Waals surface area contributed by atoms with Gasteiger partial charge < -0.3 is 21.5 Å². The van der Waals surface area contributed by atoms with E-state index in [-0.39, 0.29) is 5.60 Å². The molecular weight excluding hydrogens is 330 g/mol. The minimum Gasteiger partial charge on any atom is -0.486 e. The summed E-state index contributed by atoms with van der Waals surface area (Å²) in [6.45, 7) is 5.48. The standard InChI is InChI=1S/C20H27N3OS/c1-3-20(2,19-5-4-12-23-19)24-14-6-8-15(9-7-14)25-16-10-11-17(21)18(22)13-16/h6-11,13,19,23H,3-5,12,21-22H2,1-2H3. The third-order valence-corrected chi connectivity index (χ3v) is 5.97. The second kappa shape index (κ2) is 7.58. The van der Waals surface area contributed by atoms with Crippen molar-refractivity contribution in [1.29, 1.82) is 0 Å². The number of benzene rings is 2. The number of hydrogen-bond donors (Lipinski definition) is 3. The van der Waals surface area contributed by atoms with Crippen LogP contribution in [-0.2, 0) is 0 Å². The molecule has 5 heteroatoms. The molecular formula is C20H27N3OS. The molecule has 2 unspecified atom stereocenters. The predicted molar refractivity (Wildman–Crippen MR) is 106 cm³/mol. The normalized spacial score (nSPS) is 19.5. The van der Waals surface area contributed by atoms with Gasteiger partial charge in [-0.3, -0.25) is 0 Å². The molecule has 0 aromatic heterocycles. The number of nitrogens with one attached hydrogen (secondary N) is 1. The summed E-state index contributed by atoms with van der Waals surface area (Å²) in [6.07, 6.45) is 3.38. The van der Waals surface area contributed by atoms with E-state index in [2.05, 4.69) is 31.3 Å². The van der Waals surface area contributed by atoms with Gasteiger partial charge in [-0.15, -0.1) is 0 Å². The third kappa shape index (κ3) is 4.22. The lowest BCUT2D eigenvalue weighted by molar-refractivity contribution is 0.0488.